The quantitative estimate of drug-likeness (QED) is 0.716. The van der Waals surface area contributed by atoms with E-state index in [0.29, 0.717) is 19.3 Å². The predicted molar refractivity (Wildman–Crippen MR) is 76.0 cm³/mol. The fraction of sp³-hybridized carbons (Fsp3) is 0.438. The highest BCUT2D eigenvalue weighted by atomic mass is 16.4. The lowest BCUT2D eigenvalue weighted by molar-refractivity contribution is -0.139. The van der Waals surface area contributed by atoms with Crippen LogP contribution in [-0.2, 0) is 22.4 Å². The third-order valence-corrected chi connectivity index (χ3v) is 5.31. The second kappa shape index (κ2) is 4.32. The first kappa shape index (κ1) is 13.3. The van der Waals surface area contributed by atoms with Crippen LogP contribution in [0, 0.1) is 17.8 Å². The average molecular weight is 300 g/mol. The molecule has 4 rings (SSSR count). The monoisotopic (exact) mass is 300 g/mol. The Morgan fingerprint density at radius 3 is 2.27 bits per heavy atom. The molecule has 3 amide bonds. The van der Waals surface area contributed by atoms with Crippen LogP contribution < -0.4 is 10.6 Å². The summed E-state index contributed by atoms with van der Waals surface area (Å²) < 4.78 is 0. The molecule has 1 heterocycles. The summed E-state index contributed by atoms with van der Waals surface area (Å²) in [5.41, 5.74) is 1.26. The SMILES string of the molecule is O=C1NC(=O)C(C2Cc3ccccc3C2)([C@H]2C[C@@H]2C(=O)O)N1. The van der Waals surface area contributed by atoms with Crippen LogP contribution in [-0.4, -0.2) is 28.6 Å². The van der Waals surface area contributed by atoms with Gasteiger partial charge in [0.2, 0.25) is 0 Å². The normalized spacial score (nSPS) is 33.3. The summed E-state index contributed by atoms with van der Waals surface area (Å²) in [4.78, 5) is 35.5. The van der Waals surface area contributed by atoms with Crippen LogP contribution in [0.4, 0.5) is 4.79 Å². The third-order valence-electron chi connectivity index (χ3n) is 5.31. The standard InChI is InChI=1S/C16H16N2O4/c19-13(20)11-7-12(11)16(14(21)17-15(22)18-16)10-5-8-3-1-2-4-9(8)6-10/h1-4,10-12H,5-7H2,(H,19,20)(H2,17,18,21,22)/t11-,12-,16?/m0/s1. The van der Waals surface area contributed by atoms with Crippen LogP contribution in [0.5, 0.6) is 0 Å². The topological polar surface area (TPSA) is 95.5 Å². The maximum Gasteiger partial charge on any atom is 0.322 e. The number of imide groups is 1. The van der Waals surface area contributed by atoms with Gasteiger partial charge in [0.15, 0.2) is 0 Å². The zero-order valence-corrected chi connectivity index (χ0v) is 11.8. The Kier molecular flexibility index (Phi) is 2.61. The molecule has 1 aromatic rings. The van der Waals surface area contributed by atoms with Gasteiger partial charge in [-0.1, -0.05) is 24.3 Å². The molecule has 1 aliphatic heterocycles. The summed E-state index contributed by atoms with van der Waals surface area (Å²) in [7, 11) is 0. The third kappa shape index (κ3) is 1.70. The zero-order chi connectivity index (χ0) is 15.5. The van der Waals surface area contributed by atoms with Crippen molar-refractivity contribution in [2.45, 2.75) is 24.8 Å². The minimum atomic E-state index is -1.08. The molecule has 6 nitrogen and oxygen atoms in total. The Morgan fingerprint density at radius 1 is 1.18 bits per heavy atom. The van der Waals surface area contributed by atoms with E-state index in [1.807, 2.05) is 24.3 Å². The average Bonchev–Trinajstić information content (AvgIpc) is 3.07. The minimum Gasteiger partial charge on any atom is -0.481 e. The first-order valence-corrected chi connectivity index (χ1v) is 7.45. The van der Waals surface area contributed by atoms with Crippen LogP contribution in [0.3, 0.4) is 0 Å². The van der Waals surface area contributed by atoms with E-state index in [0.717, 1.165) is 0 Å². The van der Waals surface area contributed by atoms with Gasteiger partial charge in [0.1, 0.15) is 5.54 Å². The molecule has 1 saturated carbocycles. The smallest absolute Gasteiger partial charge is 0.322 e. The Labute approximate surface area is 126 Å². The first-order valence-electron chi connectivity index (χ1n) is 7.45. The molecule has 3 aliphatic rings. The van der Waals surface area contributed by atoms with Gasteiger partial charge in [-0.2, -0.15) is 0 Å². The van der Waals surface area contributed by atoms with Gasteiger partial charge in [0.25, 0.3) is 5.91 Å². The van der Waals surface area contributed by atoms with Crippen LogP contribution in [0.1, 0.15) is 17.5 Å². The molecule has 6 heteroatoms. The molecule has 1 aromatic carbocycles. The predicted octanol–water partition coefficient (Wildman–Crippen LogP) is 0.700. The van der Waals surface area contributed by atoms with Crippen molar-refractivity contribution in [2.75, 3.05) is 0 Å². The second-order valence-electron chi connectivity index (χ2n) is 6.44. The maximum atomic E-state index is 12.5. The highest BCUT2D eigenvalue weighted by molar-refractivity contribution is 6.08. The summed E-state index contributed by atoms with van der Waals surface area (Å²) in [5.74, 6) is -2.23. The van der Waals surface area contributed by atoms with E-state index in [9.17, 15) is 19.5 Å². The number of carbonyl (C=O) groups excluding carboxylic acids is 2. The molecule has 0 spiro atoms. The second-order valence-corrected chi connectivity index (χ2v) is 6.44. The lowest BCUT2D eigenvalue weighted by Gasteiger charge is -2.32. The first-order chi connectivity index (χ1) is 10.5. The van der Waals surface area contributed by atoms with Gasteiger partial charge in [0.05, 0.1) is 5.92 Å². The number of benzene rings is 1. The molecule has 2 fully saturated rings. The van der Waals surface area contributed by atoms with Crippen molar-refractivity contribution in [1.29, 1.82) is 0 Å². The van der Waals surface area contributed by atoms with Crippen molar-refractivity contribution in [1.82, 2.24) is 10.6 Å². The van der Waals surface area contributed by atoms with Crippen molar-refractivity contribution in [3.63, 3.8) is 0 Å². The highest BCUT2D eigenvalue weighted by Gasteiger charge is 2.66. The van der Waals surface area contributed by atoms with Gasteiger partial charge >= 0.3 is 12.0 Å². The van der Waals surface area contributed by atoms with E-state index in [1.54, 1.807) is 0 Å². The summed E-state index contributed by atoms with van der Waals surface area (Å²) in [6, 6.07) is 7.45. The Morgan fingerprint density at radius 2 is 1.82 bits per heavy atom. The van der Waals surface area contributed by atoms with Crippen molar-refractivity contribution >= 4 is 17.9 Å². The van der Waals surface area contributed by atoms with E-state index in [-0.39, 0.29) is 17.7 Å². The molecule has 114 valence electrons. The molecule has 2 aliphatic carbocycles. The van der Waals surface area contributed by atoms with E-state index < -0.39 is 23.5 Å². The van der Waals surface area contributed by atoms with Crippen LogP contribution >= 0.6 is 0 Å². The van der Waals surface area contributed by atoms with Crippen molar-refractivity contribution in [2.24, 2.45) is 17.8 Å². The number of rotatable bonds is 3. The summed E-state index contributed by atoms with van der Waals surface area (Å²) in [6.07, 6.45) is 1.81. The molecule has 0 aromatic heterocycles. The van der Waals surface area contributed by atoms with Gasteiger partial charge in [-0.05, 0) is 36.3 Å². The van der Waals surface area contributed by atoms with Gasteiger partial charge in [-0.15, -0.1) is 0 Å². The van der Waals surface area contributed by atoms with Crippen molar-refractivity contribution < 1.29 is 19.5 Å². The summed E-state index contributed by atoms with van der Waals surface area (Å²) >= 11 is 0. The maximum absolute atomic E-state index is 12.5. The molecule has 3 atom stereocenters. The molecule has 3 N–H and O–H groups in total. The highest BCUT2D eigenvalue weighted by Crippen LogP contribution is 2.53. The number of nitrogens with one attached hydrogen (secondary N) is 2. The number of amides is 3. The summed E-state index contributed by atoms with van der Waals surface area (Å²) in [5, 5.41) is 14.3. The van der Waals surface area contributed by atoms with E-state index >= 15 is 0 Å². The molecular weight excluding hydrogens is 284 g/mol. The van der Waals surface area contributed by atoms with Crippen LogP contribution in [0.2, 0.25) is 0 Å². The van der Waals surface area contributed by atoms with Gasteiger partial charge in [0, 0.05) is 5.92 Å². The fourth-order valence-corrected chi connectivity index (χ4v) is 4.19. The fourth-order valence-electron chi connectivity index (χ4n) is 4.19. The number of hydrogen-bond acceptors (Lipinski definition) is 3. The van der Waals surface area contributed by atoms with E-state index in [1.165, 1.54) is 11.1 Å². The number of fused-ring (bicyclic) bond motifs is 1. The van der Waals surface area contributed by atoms with Gasteiger partial charge in [-0.3, -0.25) is 14.9 Å². The van der Waals surface area contributed by atoms with E-state index in [4.69, 9.17) is 0 Å². The molecule has 0 radical (unpaired) electrons. The van der Waals surface area contributed by atoms with Crippen LogP contribution in [0.15, 0.2) is 24.3 Å². The number of carboxylic acid groups (broad SMARTS) is 1. The van der Waals surface area contributed by atoms with Crippen molar-refractivity contribution in [3.05, 3.63) is 35.4 Å². The largest absolute Gasteiger partial charge is 0.481 e. The molecule has 1 unspecified atom stereocenters. The number of carboxylic acids is 1. The minimum absolute atomic E-state index is 0.0919. The molecule has 0 bridgehead atoms. The number of carbonyl (C=O) groups is 3. The Hall–Kier alpha value is -2.37. The number of urea groups is 1. The van der Waals surface area contributed by atoms with Crippen LogP contribution in [0.25, 0.3) is 0 Å². The lowest BCUT2D eigenvalue weighted by atomic mass is 9.77. The Balaban J connectivity index is 1.70. The van der Waals surface area contributed by atoms with Gasteiger partial charge < -0.3 is 10.4 Å². The number of hydrogen-bond donors (Lipinski definition) is 3. The zero-order valence-electron chi connectivity index (χ0n) is 11.8. The molecular formula is C16H16N2O4. The molecule has 1 saturated heterocycles. The molecule has 22 heavy (non-hydrogen) atoms. The Bertz CT molecular complexity index is 676. The summed E-state index contributed by atoms with van der Waals surface area (Å²) in [6.45, 7) is 0. The van der Waals surface area contributed by atoms with Gasteiger partial charge in [-0.25, -0.2) is 4.79 Å². The van der Waals surface area contributed by atoms with E-state index in [2.05, 4.69) is 10.6 Å². The number of aliphatic carboxylic acids is 1. The van der Waals surface area contributed by atoms with Crippen molar-refractivity contribution in [3.8, 4) is 0 Å². The lowest BCUT2D eigenvalue weighted by Crippen LogP contribution is -2.56.